The summed E-state index contributed by atoms with van der Waals surface area (Å²) in [4.78, 5) is 20.3. The number of nitrogens with zero attached hydrogens (tertiary/aromatic N) is 2. The lowest BCUT2D eigenvalue weighted by atomic mass is 9.98. The van der Waals surface area contributed by atoms with Crippen LogP contribution in [-0.4, -0.2) is 43.4 Å². The molecule has 2 aliphatic heterocycles. The first-order valence-electron chi connectivity index (χ1n) is 9.00. The number of hydrogen-bond donors (Lipinski definition) is 0. The van der Waals surface area contributed by atoms with Crippen molar-refractivity contribution in [3.63, 3.8) is 0 Å². The molecule has 2 aromatic carbocycles. The summed E-state index contributed by atoms with van der Waals surface area (Å²) in [6, 6.07) is 13.8. The number of ether oxygens (including phenoxy) is 2. The molecule has 0 spiro atoms. The van der Waals surface area contributed by atoms with Crippen LogP contribution in [0.5, 0.6) is 11.5 Å². The first kappa shape index (κ1) is 17.4. The Hall–Kier alpha value is -3.02. The number of fused-ring (bicyclic) bond motifs is 1. The molecule has 0 saturated carbocycles. The van der Waals surface area contributed by atoms with E-state index >= 15 is 0 Å². The Bertz CT molecular complexity index is 894. The molecule has 6 heteroatoms. The second-order valence-electron chi connectivity index (χ2n) is 6.68. The van der Waals surface area contributed by atoms with Gasteiger partial charge in [0.05, 0.1) is 19.9 Å². The van der Waals surface area contributed by atoms with Gasteiger partial charge in [0.1, 0.15) is 11.5 Å². The summed E-state index contributed by atoms with van der Waals surface area (Å²) in [7, 11) is 3.22. The van der Waals surface area contributed by atoms with Gasteiger partial charge in [0.25, 0.3) is 5.91 Å². The Balaban J connectivity index is 1.47. The van der Waals surface area contributed by atoms with Crippen LogP contribution in [0, 0.1) is 0 Å². The van der Waals surface area contributed by atoms with Gasteiger partial charge < -0.3 is 19.2 Å². The summed E-state index contributed by atoms with van der Waals surface area (Å²) in [6.07, 6.45) is 0.688. The van der Waals surface area contributed by atoms with Crippen molar-refractivity contribution >= 4 is 11.6 Å². The van der Waals surface area contributed by atoms with Crippen LogP contribution in [-0.2, 0) is 22.6 Å². The maximum Gasteiger partial charge on any atom is 0.267 e. The molecule has 0 N–H and O–H groups in total. The lowest BCUT2D eigenvalue weighted by Crippen LogP contribution is -2.42. The van der Waals surface area contributed by atoms with Crippen molar-refractivity contribution in [2.45, 2.75) is 25.5 Å². The quantitative estimate of drug-likeness (QED) is 0.835. The van der Waals surface area contributed by atoms with Crippen molar-refractivity contribution in [2.24, 2.45) is 5.16 Å². The highest BCUT2D eigenvalue weighted by molar-refractivity contribution is 6.06. The Labute approximate surface area is 158 Å². The van der Waals surface area contributed by atoms with Crippen molar-refractivity contribution in [3.05, 3.63) is 59.2 Å². The highest BCUT2D eigenvalue weighted by Crippen LogP contribution is 2.29. The second-order valence-corrected chi connectivity index (χ2v) is 6.68. The number of hydrogen-bond acceptors (Lipinski definition) is 5. The Morgan fingerprint density at radius 2 is 1.96 bits per heavy atom. The maximum atomic E-state index is 12.9. The molecular formula is C21H22N2O4. The average Bonchev–Trinajstić information content (AvgIpc) is 3.22. The minimum atomic E-state index is -0.596. The summed E-state index contributed by atoms with van der Waals surface area (Å²) in [5.74, 6) is 1.36. The summed E-state index contributed by atoms with van der Waals surface area (Å²) in [5, 5.41) is 4.17. The molecule has 4 rings (SSSR count). The SMILES string of the molecule is COc1ccc(OC)c(C2=NO[C@H](C(=O)N3CCc4ccccc4C3)C2)c1. The van der Waals surface area contributed by atoms with Gasteiger partial charge in [-0.3, -0.25) is 4.79 Å². The molecule has 1 amide bonds. The van der Waals surface area contributed by atoms with Crippen LogP contribution in [0.25, 0.3) is 0 Å². The first-order valence-corrected chi connectivity index (χ1v) is 9.00. The highest BCUT2D eigenvalue weighted by atomic mass is 16.6. The normalized spacial score (nSPS) is 18.4. The van der Waals surface area contributed by atoms with Gasteiger partial charge in [-0.25, -0.2) is 0 Å². The third kappa shape index (κ3) is 3.35. The van der Waals surface area contributed by atoms with Crippen LogP contribution >= 0.6 is 0 Å². The number of benzene rings is 2. The van der Waals surface area contributed by atoms with E-state index < -0.39 is 6.10 Å². The van der Waals surface area contributed by atoms with Crippen LogP contribution < -0.4 is 9.47 Å². The monoisotopic (exact) mass is 366 g/mol. The van der Waals surface area contributed by atoms with E-state index in [1.807, 2.05) is 35.2 Å². The van der Waals surface area contributed by atoms with Crippen LogP contribution in [0.2, 0.25) is 0 Å². The fourth-order valence-electron chi connectivity index (χ4n) is 3.60. The largest absolute Gasteiger partial charge is 0.497 e. The second kappa shape index (κ2) is 7.31. The third-order valence-electron chi connectivity index (χ3n) is 5.10. The number of carbonyl (C=O) groups excluding carboxylic acids is 1. The minimum Gasteiger partial charge on any atom is -0.497 e. The van der Waals surface area contributed by atoms with E-state index in [0.29, 0.717) is 36.7 Å². The molecule has 0 bridgehead atoms. The summed E-state index contributed by atoms with van der Waals surface area (Å²) < 4.78 is 10.7. The molecule has 0 fully saturated rings. The fourth-order valence-corrected chi connectivity index (χ4v) is 3.60. The standard InChI is InChI=1S/C21H22N2O4/c1-25-16-7-8-19(26-2)17(11-16)18-12-20(27-22-18)21(24)23-10-9-14-5-3-4-6-15(14)13-23/h3-8,11,20H,9-10,12-13H2,1-2H3/t20-/m0/s1. The summed E-state index contributed by atoms with van der Waals surface area (Å²) >= 11 is 0. The predicted octanol–water partition coefficient (Wildman–Crippen LogP) is 2.78. The van der Waals surface area contributed by atoms with E-state index in [0.717, 1.165) is 12.0 Å². The Morgan fingerprint density at radius 3 is 2.74 bits per heavy atom. The molecule has 140 valence electrons. The number of rotatable bonds is 4. The van der Waals surface area contributed by atoms with Crippen molar-refractivity contribution in [1.82, 2.24) is 4.90 Å². The molecule has 2 aliphatic rings. The van der Waals surface area contributed by atoms with Crippen LogP contribution in [0.4, 0.5) is 0 Å². The third-order valence-corrected chi connectivity index (χ3v) is 5.10. The number of oxime groups is 1. The van der Waals surface area contributed by atoms with E-state index in [1.54, 1.807) is 14.2 Å². The van der Waals surface area contributed by atoms with Gasteiger partial charge >= 0.3 is 0 Å². The predicted molar refractivity (Wildman–Crippen MR) is 101 cm³/mol. The molecule has 0 unspecified atom stereocenters. The van der Waals surface area contributed by atoms with E-state index in [2.05, 4.69) is 17.3 Å². The van der Waals surface area contributed by atoms with Crippen molar-refractivity contribution in [2.75, 3.05) is 20.8 Å². The molecule has 1 atom stereocenters. The zero-order chi connectivity index (χ0) is 18.8. The Kier molecular flexibility index (Phi) is 4.71. The minimum absolute atomic E-state index is 0.0230. The van der Waals surface area contributed by atoms with E-state index in [9.17, 15) is 4.79 Å². The zero-order valence-corrected chi connectivity index (χ0v) is 15.5. The topological polar surface area (TPSA) is 60.4 Å². The van der Waals surface area contributed by atoms with Crippen LogP contribution in [0.15, 0.2) is 47.6 Å². The highest BCUT2D eigenvalue weighted by Gasteiger charge is 2.34. The van der Waals surface area contributed by atoms with Crippen molar-refractivity contribution < 1.29 is 19.1 Å². The van der Waals surface area contributed by atoms with E-state index in [-0.39, 0.29) is 5.91 Å². The number of amides is 1. The molecular weight excluding hydrogens is 344 g/mol. The summed E-state index contributed by atoms with van der Waals surface area (Å²) in [5.41, 5.74) is 4.00. The van der Waals surface area contributed by atoms with Crippen molar-refractivity contribution in [1.29, 1.82) is 0 Å². The molecule has 27 heavy (non-hydrogen) atoms. The molecule has 2 heterocycles. The van der Waals surface area contributed by atoms with Gasteiger partial charge in [-0.1, -0.05) is 29.4 Å². The lowest BCUT2D eigenvalue weighted by molar-refractivity contribution is -0.143. The molecule has 2 aromatic rings. The van der Waals surface area contributed by atoms with Gasteiger partial charge in [-0.05, 0) is 35.7 Å². The first-order chi connectivity index (χ1) is 13.2. The van der Waals surface area contributed by atoms with E-state index in [1.165, 1.54) is 11.1 Å². The van der Waals surface area contributed by atoms with Gasteiger partial charge in [-0.15, -0.1) is 0 Å². The molecule has 6 nitrogen and oxygen atoms in total. The molecule has 0 aromatic heterocycles. The zero-order valence-electron chi connectivity index (χ0n) is 15.5. The lowest BCUT2D eigenvalue weighted by Gasteiger charge is -2.30. The molecule has 0 aliphatic carbocycles. The molecule has 0 saturated heterocycles. The van der Waals surface area contributed by atoms with Gasteiger partial charge in [0.15, 0.2) is 0 Å². The van der Waals surface area contributed by atoms with Gasteiger partial charge in [0, 0.05) is 25.1 Å². The molecule has 0 radical (unpaired) electrons. The van der Waals surface area contributed by atoms with Gasteiger partial charge in [0.2, 0.25) is 6.10 Å². The van der Waals surface area contributed by atoms with Gasteiger partial charge in [-0.2, -0.15) is 0 Å². The fraction of sp³-hybridized carbons (Fsp3) is 0.333. The van der Waals surface area contributed by atoms with Crippen LogP contribution in [0.1, 0.15) is 23.1 Å². The number of methoxy groups -OCH3 is 2. The van der Waals surface area contributed by atoms with Crippen LogP contribution in [0.3, 0.4) is 0 Å². The van der Waals surface area contributed by atoms with E-state index in [4.69, 9.17) is 14.3 Å². The smallest absolute Gasteiger partial charge is 0.267 e. The average molecular weight is 366 g/mol. The van der Waals surface area contributed by atoms with Crippen molar-refractivity contribution in [3.8, 4) is 11.5 Å². The maximum absolute atomic E-state index is 12.9. The summed E-state index contributed by atoms with van der Waals surface area (Å²) in [6.45, 7) is 1.32. The number of carbonyl (C=O) groups is 1. The Morgan fingerprint density at radius 1 is 1.15 bits per heavy atom.